The van der Waals surface area contributed by atoms with Gasteiger partial charge in [-0.2, -0.15) is 0 Å². The van der Waals surface area contributed by atoms with E-state index in [0.29, 0.717) is 22.3 Å². The highest BCUT2D eigenvalue weighted by Gasteiger charge is 2.15. The van der Waals surface area contributed by atoms with Gasteiger partial charge >= 0.3 is 0 Å². The van der Waals surface area contributed by atoms with Gasteiger partial charge in [-0.3, -0.25) is 4.79 Å². The first kappa shape index (κ1) is 15.0. The van der Waals surface area contributed by atoms with E-state index in [0.717, 1.165) is 5.75 Å². The summed E-state index contributed by atoms with van der Waals surface area (Å²) < 4.78 is 11.3. The van der Waals surface area contributed by atoms with Crippen LogP contribution in [0.15, 0.2) is 83.3 Å². The Morgan fingerprint density at radius 1 is 0.840 bits per heavy atom. The summed E-state index contributed by atoms with van der Waals surface area (Å²) in [6.07, 6.45) is 0. The Morgan fingerprint density at radius 3 is 2.32 bits per heavy atom. The topological polar surface area (TPSA) is 59.7 Å². The molecule has 122 valence electrons. The third kappa shape index (κ3) is 3.10. The van der Waals surface area contributed by atoms with Gasteiger partial charge in [0.2, 0.25) is 5.78 Å². The number of hydrogen-bond acceptors (Lipinski definition) is 4. The summed E-state index contributed by atoms with van der Waals surface area (Å²) in [6.45, 7) is 0. The van der Waals surface area contributed by atoms with Crippen LogP contribution < -0.4 is 4.74 Å². The third-order valence-electron chi connectivity index (χ3n) is 3.82. The maximum Gasteiger partial charge on any atom is 0.228 e. The number of benzene rings is 3. The number of carbonyl (C=O) groups excluding carboxylic acids is 1. The Bertz CT molecular complexity index is 1030. The molecule has 0 fully saturated rings. The average molecular weight is 330 g/mol. The minimum atomic E-state index is -0.220. The van der Waals surface area contributed by atoms with Crippen LogP contribution in [0, 0.1) is 0 Å². The molecule has 0 aliphatic carbocycles. The summed E-state index contributed by atoms with van der Waals surface area (Å²) in [5.41, 5.74) is 1.06. The average Bonchev–Trinajstić information content (AvgIpc) is 3.06. The van der Waals surface area contributed by atoms with E-state index in [4.69, 9.17) is 9.15 Å². The van der Waals surface area contributed by atoms with Gasteiger partial charge in [0.05, 0.1) is 0 Å². The normalized spacial score (nSPS) is 10.7. The van der Waals surface area contributed by atoms with Gasteiger partial charge in [-0.05, 0) is 60.7 Å². The number of ketones is 1. The van der Waals surface area contributed by atoms with Gasteiger partial charge in [0.15, 0.2) is 5.76 Å². The van der Waals surface area contributed by atoms with Gasteiger partial charge in [0.1, 0.15) is 22.8 Å². The van der Waals surface area contributed by atoms with E-state index in [1.165, 1.54) is 6.07 Å². The van der Waals surface area contributed by atoms with Crippen LogP contribution in [-0.2, 0) is 0 Å². The van der Waals surface area contributed by atoms with Crippen molar-refractivity contribution in [1.82, 2.24) is 0 Å². The van der Waals surface area contributed by atoms with Gasteiger partial charge in [-0.1, -0.05) is 18.2 Å². The molecule has 25 heavy (non-hydrogen) atoms. The van der Waals surface area contributed by atoms with Crippen LogP contribution in [0.4, 0.5) is 0 Å². The van der Waals surface area contributed by atoms with Crippen LogP contribution in [0.3, 0.4) is 0 Å². The third-order valence-corrected chi connectivity index (χ3v) is 3.82. The smallest absolute Gasteiger partial charge is 0.228 e. The molecule has 0 unspecified atom stereocenters. The molecular formula is C21H14O4. The number of hydrogen-bond donors (Lipinski definition) is 1. The fourth-order valence-electron chi connectivity index (χ4n) is 2.58. The number of phenolic OH excluding ortho intramolecular Hbond substituents is 1. The quantitative estimate of drug-likeness (QED) is 0.525. The summed E-state index contributed by atoms with van der Waals surface area (Å²) in [5, 5.41) is 10.2. The molecule has 4 aromatic rings. The Kier molecular flexibility index (Phi) is 3.71. The summed E-state index contributed by atoms with van der Waals surface area (Å²) in [5.74, 6) is 1.53. The van der Waals surface area contributed by atoms with Gasteiger partial charge in [-0.15, -0.1) is 0 Å². The second-order valence-corrected chi connectivity index (χ2v) is 5.60. The molecule has 1 heterocycles. The molecule has 1 N–H and O–H groups in total. The number of para-hydroxylation sites is 1. The number of ether oxygens (including phenoxy) is 1. The number of aromatic hydroxyl groups is 1. The van der Waals surface area contributed by atoms with Crippen molar-refractivity contribution in [2.45, 2.75) is 0 Å². The van der Waals surface area contributed by atoms with E-state index in [-0.39, 0.29) is 17.3 Å². The van der Waals surface area contributed by atoms with Crippen LogP contribution >= 0.6 is 0 Å². The zero-order valence-corrected chi connectivity index (χ0v) is 13.2. The Hall–Kier alpha value is -3.53. The number of fused-ring (bicyclic) bond motifs is 1. The monoisotopic (exact) mass is 330 g/mol. The van der Waals surface area contributed by atoms with Crippen LogP contribution in [0.25, 0.3) is 11.0 Å². The van der Waals surface area contributed by atoms with E-state index in [9.17, 15) is 9.90 Å². The van der Waals surface area contributed by atoms with Gasteiger partial charge in [-0.25, -0.2) is 0 Å². The maximum absolute atomic E-state index is 12.6. The molecule has 4 rings (SSSR count). The van der Waals surface area contributed by atoms with Crippen molar-refractivity contribution in [2.75, 3.05) is 0 Å². The molecule has 0 aliphatic rings. The van der Waals surface area contributed by atoms with Gasteiger partial charge in [0, 0.05) is 10.9 Å². The van der Waals surface area contributed by atoms with Crippen LogP contribution in [0.1, 0.15) is 16.1 Å². The summed E-state index contributed by atoms with van der Waals surface area (Å²) >= 11 is 0. The lowest BCUT2D eigenvalue weighted by Crippen LogP contribution is -1.99. The summed E-state index contributed by atoms with van der Waals surface area (Å²) in [7, 11) is 0. The standard InChI is InChI=1S/C21H14O4/c22-16-8-11-19-15(12-16)13-20(25-19)21(23)14-6-9-18(10-7-14)24-17-4-2-1-3-5-17/h1-13,22H. The molecule has 3 aromatic carbocycles. The lowest BCUT2D eigenvalue weighted by molar-refractivity contribution is 0.101. The molecule has 1 aromatic heterocycles. The second kappa shape index (κ2) is 6.17. The van der Waals surface area contributed by atoms with Gasteiger partial charge in [0.25, 0.3) is 0 Å². The molecule has 0 aliphatic heterocycles. The van der Waals surface area contributed by atoms with Crippen LogP contribution in [0.5, 0.6) is 17.2 Å². The number of rotatable bonds is 4. The van der Waals surface area contributed by atoms with Crippen molar-refractivity contribution in [3.8, 4) is 17.2 Å². The maximum atomic E-state index is 12.6. The molecule has 0 atom stereocenters. The fourth-order valence-corrected chi connectivity index (χ4v) is 2.58. The van der Waals surface area contributed by atoms with Crippen molar-refractivity contribution in [2.24, 2.45) is 0 Å². The molecule has 0 bridgehead atoms. The van der Waals surface area contributed by atoms with Crippen molar-refractivity contribution in [3.63, 3.8) is 0 Å². The zero-order chi connectivity index (χ0) is 17.2. The first-order chi connectivity index (χ1) is 12.2. The second-order valence-electron chi connectivity index (χ2n) is 5.60. The van der Waals surface area contributed by atoms with Crippen molar-refractivity contribution >= 4 is 16.8 Å². The molecule has 0 amide bonds. The largest absolute Gasteiger partial charge is 0.508 e. The lowest BCUT2D eigenvalue weighted by Gasteiger charge is -2.05. The van der Waals surface area contributed by atoms with E-state index >= 15 is 0 Å². The summed E-state index contributed by atoms with van der Waals surface area (Å²) in [6, 6.07) is 22.7. The van der Waals surface area contributed by atoms with E-state index in [2.05, 4.69) is 0 Å². The molecule has 4 heteroatoms. The number of furan rings is 1. The SMILES string of the molecule is O=C(c1ccc(Oc2ccccc2)cc1)c1cc2cc(O)ccc2o1. The van der Waals surface area contributed by atoms with Crippen molar-refractivity contribution in [1.29, 1.82) is 0 Å². The minimum absolute atomic E-state index is 0.134. The minimum Gasteiger partial charge on any atom is -0.508 e. The zero-order valence-electron chi connectivity index (χ0n) is 13.2. The molecule has 0 spiro atoms. The number of carbonyl (C=O) groups is 1. The van der Waals surface area contributed by atoms with E-state index in [1.54, 1.807) is 42.5 Å². The number of phenols is 1. The Morgan fingerprint density at radius 2 is 1.56 bits per heavy atom. The highest BCUT2D eigenvalue weighted by atomic mass is 16.5. The first-order valence-corrected chi connectivity index (χ1v) is 7.79. The highest BCUT2D eigenvalue weighted by Crippen LogP contribution is 2.26. The molecule has 4 nitrogen and oxygen atoms in total. The van der Waals surface area contributed by atoms with Crippen molar-refractivity contribution < 1.29 is 19.1 Å². The predicted octanol–water partition coefficient (Wildman–Crippen LogP) is 5.16. The van der Waals surface area contributed by atoms with Gasteiger partial charge < -0.3 is 14.3 Å². The highest BCUT2D eigenvalue weighted by molar-refractivity contribution is 6.09. The fraction of sp³-hybridized carbons (Fsp3) is 0. The first-order valence-electron chi connectivity index (χ1n) is 7.79. The Labute approximate surface area is 143 Å². The van der Waals surface area contributed by atoms with Crippen molar-refractivity contribution in [3.05, 3.63) is 90.2 Å². The molecule has 0 saturated carbocycles. The van der Waals surface area contributed by atoms with E-state index < -0.39 is 0 Å². The lowest BCUT2D eigenvalue weighted by atomic mass is 10.1. The predicted molar refractivity (Wildman–Crippen MR) is 94.3 cm³/mol. The molecule has 0 saturated heterocycles. The molecular weight excluding hydrogens is 316 g/mol. The van der Waals surface area contributed by atoms with Crippen LogP contribution in [0.2, 0.25) is 0 Å². The molecule has 0 radical (unpaired) electrons. The Balaban J connectivity index is 1.57. The van der Waals surface area contributed by atoms with E-state index in [1.807, 2.05) is 30.3 Å². The summed E-state index contributed by atoms with van der Waals surface area (Å²) in [4.78, 5) is 12.6. The van der Waals surface area contributed by atoms with Crippen LogP contribution in [-0.4, -0.2) is 10.9 Å².